The van der Waals surface area contributed by atoms with E-state index in [2.05, 4.69) is 4.98 Å². The van der Waals surface area contributed by atoms with Crippen LogP contribution in [-0.4, -0.2) is 12.1 Å². The molecule has 0 saturated carbocycles. The van der Waals surface area contributed by atoms with Crippen LogP contribution in [0.4, 0.5) is 5.69 Å². The Morgan fingerprint density at radius 3 is 2.40 bits per heavy atom. The second-order valence-electron chi connectivity index (χ2n) is 4.35. The molecule has 3 rings (SSSR count). The summed E-state index contributed by atoms with van der Waals surface area (Å²) in [6.07, 6.45) is 3.47. The van der Waals surface area contributed by atoms with Crippen LogP contribution in [0.3, 0.4) is 0 Å². The molecule has 1 heterocycles. The van der Waals surface area contributed by atoms with Crippen molar-refractivity contribution in [2.24, 2.45) is 0 Å². The fourth-order valence-corrected chi connectivity index (χ4v) is 2.05. The summed E-state index contributed by atoms with van der Waals surface area (Å²) in [6, 6.07) is 13.0. The number of ether oxygens (including phenoxy) is 2. The van der Waals surface area contributed by atoms with Crippen molar-refractivity contribution in [2.75, 3.05) is 12.8 Å². The molecule has 0 saturated heterocycles. The molecule has 100 valence electrons. The van der Waals surface area contributed by atoms with Gasteiger partial charge in [0.15, 0.2) is 0 Å². The number of nitrogens with two attached hydrogens (primary N) is 1. The molecular weight excluding hydrogens is 252 g/mol. The minimum Gasteiger partial charge on any atom is -0.497 e. The second kappa shape index (κ2) is 5.09. The van der Waals surface area contributed by atoms with Crippen LogP contribution in [0, 0.1) is 0 Å². The highest BCUT2D eigenvalue weighted by Gasteiger charge is 2.06. The van der Waals surface area contributed by atoms with Crippen molar-refractivity contribution in [3.63, 3.8) is 0 Å². The smallest absolute Gasteiger partial charge is 0.136 e. The van der Waals surface area contributed by atoms with E-state index in [0.717, 1.165) is 28.0 Å². The van der Waals surface area contributed by atoms with Gasteiger partial charge in [0.05, 0.1) is 7.11 Å². The molecule has 0 atom stereocenters. The van der Waals surface area contributed by atoms with Crippen molar-refractivity contribution < 1.29 is 9.47 Å². The first kappa shape index (κ1) is 12.3. The topological polar surface area (TPSA) is 57.4 Å². The Balaban J connectivity index is 2.00. The van der Waals surface area contributed by atoms with Gasteiger partial charge in [-0.3, -0.25) is 4.98 Å². The largest absolute Gasteiger partial charge is 0.497 e. The van der Waals surface area contributed by atoms with Gasteiger partial charge in [0.25, 0.3) is 0 Å². The molecule has 0 unspecified atom stereocenters. The normalized spacial score (nSPS) is 10.4. The number of pyridine rings is 1. The van der Waals surface area contributed by atoms with Gasteiger partial charge in [-0.1, -0.05) is 0 Å². The lowest BCUT2D eigenvalue weighted by Crippen LogP contribution is -1.91. The maximum atomic E-state index is 5.96. The third-order valence-electron chi connectivity index (χ3n) is 3.10. The summed E-state index contributed by atoms with van der Waals surface area (Å²) in [6.45, 7) is 0. The third-order valence-corrected chi connectivity index (χ3v) is 3.10. The van der Waals surface area contributed by atoms with Crippen LogP contribution in [0.2, 0.25) is 0 Å². The van der Waals surface area contributed by atoms with Gasteiger partial charge >= 0.3 is 0 Å². The fourth-order valence-electron chi connectivity index (χ4n) is 2.05. The average molecular weight is 266 g/mol. The Hall–Kier alpha value is -2.75. The fraction of sp³-hybridized carbons (Fsp3) is 0.0625. The van der Waals surface area contributed by atoms with Gasteiger partial charge in [0.1, 0.15) is 17.2 Å². The maximum absolute atomic E-state index is 5.96. The summed E-state index contributed by atoms with van der Waals surface area (Å²) >= 11 is 0. The van der Waals surface area contributed by atoms with Crippen LogP contribution >= 0.6 is 0 Å². The van der Waals surface area contributed by atoms with Gasteiger partial charge < -0.3 is 15.2 Å². The zero-order chi connectivity index (χ0) is 13.9. The molecule has 0 radical (unpaired) electrons. The summed E-state index contributed by atoms with van der Waals surface area (Å²) in [7, 11) is 1.63. The van der Waals surface area contributed by atoms with Gasteiger partial charge in [-0.25, -0.2) is 0 Å². The van der Waals surface area contributed by atoms with E-state index in [4.69, 9.17) is 15.2 Å². The van der Waals surface area contributed by atoms with Gasteiger partial charge in [-0.05, 0) is 42.5 Å². The number of benzene rings is 2. The summed E-state index contributed by atoms with van der Waals surface area (Å²) < 4.78 is 11.0. The van der Waals surface area contributed by atoms with Crippen LogP contribution in [0.15, 0.2) is 54.9 Å². The second-order valence-corrected chi connectivity index (χ2v) is 4.35. The number of hydrogen-bond acceptors (Lipinski definition) is 4. The predicted molar refractivity (Wildman–Crippen MR) is 79.2 cm³/mol. The molecule has 20 heavy (non-hydrogen) atoms. The first-order valence-electron chi connectivity index (χ1n) is 6.22. The standard InChI is InChI=1S/C16H14N2O2/c1-19-11-2-4-12(5-3-11)20-16-7-6-15(17)13-8-9-18-10-14(13)16/h2-10H,17H2,1H3. The Bertz CT molecular complexity index is 739. The highest BCUT2D eigenvalue weighted by Crippen LogP contribution is 2.32. The summed E-state index contributed by atoms with van der Waals surface area (Å²) in [5.74, 6) is 2.26. The monoisotopic (exact) mass is 266 g/mol. The summed E-state index contributed by atoms with van der Waals surface area (Å²) in [5.41, 5.74) is 6.67. The molecular formula is C16H14N2O2. The van der Waals surface area contributed by atoms with E-state index >= 15 is 0 Å². The summed E-state index contributed by atoms with van der Waals surface area (Å²) in [4.78, 5) is 4.13. The number of aromatic nitrogens is 1. The van der Waals surface area contributed by atoms with E-state index < -0.39 is 0 Å². The highest BCUT2D eigenvalue weighted by molar-refractivity contribution is 5.96. The molecule has 1 aromatic heterocycles. The molecule has 2 aromatic carbocycles. The van der Waals surface area contributed by atoms with Gasteiger partial charge in [0, 0.05) is 28.9 Å². The van der Waals surface area contributed by atoms with E-state index in [0.29, 0.717) is 5.69 Å². The summed E-state index contributed by atoms with van der Waals surface area (Å²) in [5, 5.41) is 1.83. The zero-order valence-electron chi connectivity index (χ0n) is 11.0. The Morgan fingerprint density at radius 2 is 1.65 bits per heavy atom. The van der Waals surface area contributed by atoms with Crippen molar-refractivity contribution >= 4 is 16.5 Å². The minimum absolute atomic E-state index is 0.712. The van der Waals surface area contributed by atoms with Crippen LogP contribution in [-0.2, 0) is 0 Å². The maximum Gasteiger partial charge on any atom is 0.136 e. The van der Waals surface area contributed by atoms with Crippen molar-refractivity contribution in [3.05, 3.63) is 54.9 Å². The Kier molecular flexibility index (Phi) is 3.13. The zero-order valence-corrected chi connectivity index (χ0v) is 11.0. The van der Waals surface area contributed by atoms with Crippen LogP contribution in [0.25, 0.3) is 10.8 Å². The van der Waals surface area contributed by atoms with E-state index in [-0.39, 0.29) is 0 Å². The van der Waals surface area contributed by atoms with E-state index in [1.54, 1.807) is 19.5 Å². The first-order valence-corrected chi connectivity index (χ1v) is 6.22. The molecule has 0 aliphatic carbocycles. The molecule has 0 aliphatic heterocycles. The van der Waals surface area contributed by atoms with Crippen molar-refractivity contribution in [3.8, 4) is 17.2 Å². The van der Waals surface area contributed by atoms with Crippen molar-refractivity contribution in [1.29, 1.82) is 0 Å². The molecule has 0 amide bonds. The third kappa shape index (κ3) is 2.23. The van der Waals surface area contributed by atoms with Crippen LogP contribution < -0.4 is 15.2 Å². The minimum atomic E-state index is 0.712. The predicted octanol–water partition coefficient (Wildman–Crippen LogP) is 3.62. The van der Waals surface area contributed by atoms with Gasteiger partial charge in [-0.15, -0.1) is 0 Å². The van der Waals surface area contributed by atoms with Crippen molar-refractivity contribution in [2.45, 2.75) is 0 Å². The SMILES string of the molecule is COc1ccc(Oc2ccc(N)c3ccncc23)cc1. The average Bonchev–Trinajstić information content (AvgIpc) is 2.51. The Labute approximate surface area is 116 Å². The molecule has 0 aliphatic rings. The molecule has 0 bridgehead atoms. The lowest BCUT2D eigenvalue weighted by Gasteiger charge is -2.10. The quantitative estimate of drug-likeness (QED) is 0.736. The van der Waals surface area contributed by atoms with E-state index in [9.17, 15) is 0 Å². The van der Waals surface area contributed by atoms with Gasteiger partial charge in [0.2, 0.25) is 0 Å². The molecule has 4 nitrogen and oxygen atoms in total. The van der Waals surface area contributed by atoms with E-state index in [1.807, 2.05) is 42.5 Å². The lowest BCUT2D eigenvalue weighted by molar-refractivity contribution is 0.413. The number of nitrogen functional groups attached to an aromatic ring is 1. The number of rotatable bonds is 3. The van der Waals surface area contributed by atoms with E-state index in [1.165, 1.54) is 0 Å². The molecule has 0 spiro atoms. The molecule has 2 N–H and O–H groups in total. The first-order chi connectivity index (χ1) is 9.78. The lowest BCUT2D eigenvalue weighted by atomic mass is 10.1. The number of fused-ring (bicyclic) bond motifs is 1. The molecule has 4 heteroatoms. The Morgan fingerprint density at radius 1 is 0.900 bits per heavy atom. The number of hydrogen-bond donors (Lipinski definition) is 1. The molecule has 3 aromatic rings. The number of methoxy groups -OCH3 is 1. The van der Waals surface area contributed by atoms with Gasteiger partial charge in [-0.2, -0.15) is 0 Å². The molecule has 0 fully saturated rings. The highest BCUT2D eigenvalue weighted by atomic mass is 16.5. The number of anilines is 1. The number of nitrogens with zero attached hydrogens (tertiary/aromatic N) is 1. The van der Waals surface area contributed by atoms with Crippen LogP contribution in [0.1, 0.15) is 0 Å². The van der Waals surface area contributed by atoms with Crippen molar-refractivity contribution in [1.82, 2.24) is 4.98 Å². The van der Waals surface area contributed by atoms with Crippen LogP contribution in [0.5, 0.6) is 17.2 Å².